The van der Waals surface area contributed by atoms with Crippen LogP contribution in [0.25, 0.3) is 11.4 Å². The zero-order chi connectivity index (χ0) is 17.2. The molecule has 25 heavy (non-hydrogen) atoms. The van der Waals surface area contributed by atoms with E-state index < -0.39 is 0 Å². The van der Waals surface area contributed by atoms with E-state index in [9.17, 15) is 4.79 Å². The molecule has 2 heterocycles. The molecular weight excluding hydrogens is 320 g/mol. The summed E-state index contributed by atoms with van der Waals surface area (Å²) in [6, 6.07) is 11.3. The summed E-state index contributed by atoms with van der Waals surface area (Å²) in [5, 5.41) is 9.95. The van der Waals surface area contributed by atoms with Gasteiger partial charge in [-0.3, -0.25) is 9.89 Å². The lowest BCUT2D eigenvalue weighted by Crippen LogP contribution is -2.25. The number of hydrogen-bond donors (Lipinski definition) is 2. The van der Waals surface area contributed by atoms with Crippen molar-refractivity contribution in [3.8, 4) is 17.1 Å². The van der Waals surface area contributed by atoms with E-state index in [0.717, 1.165) is 23.5 Å². The first kappa shape index (κ1) is 15.4. The van der Waals surface area contributed by atoms with Gasteiger partial charge in [-0.1, -0.05) is 0 Å². The van der Waals surface area contributed by atoms with E-state index in [4.69, 9.17) is 9.15 Å². The van der Waals surface area contributed by atoms with E-state index in [2.05, 4.69) is 20.5 Å². The van der Waals surface area contributed by atoms with E-state index in [1.165, 1.54) is 0 Å². The molecule has 0 saturated heterocycles. The molecule has 2 N–H and O–H groups in total. The molecule has 1 fully saturated rings. The molecule has 1 amide bonds. The number of carbonyl (C=O) groups is 1. The van der Waals surface area contributed by atoms with Gasteiger partial charge in [-0.25, -0.2) is 4.98 Å². The van der Waals surface area contributed by atoms with E-state index in [0.29, 0.717) is 18.2 Å². The monoisotopic (exact) mass is 338 g/mol. The minimum atomic E-state index is -0.0184. The number of furan rings is 1. The van der Waals surface area contributed by atoms with Gasteiger partial charge in [0.2, 0.25) is 5.91 Å². The topological polar surface area (TPSA) is 93.0 Å². The summed E-state index contributed by atoms with van der Waals surface area (Å²) in [7, 11) is 1.62. The Morgan fingerprint density at radius 2 is 2.20 bits per heavy atom. The number of benzene rings is 1. The van der Waals surface area contributed by atoms with E-state index in [1.54, 1.807) is 13.4 Å². The molecule has 1 aromatic carbocycles. The number of amides is 1. The number of H-pyrrole nitrogens is 1. The smallest absolute Gasteiger partial charge is 0.224 e. The third-order valence-electron chi connectivity index (χ3n) is 4.35. The molecule has 2 atom stereocenters. The third kappa shape index (κ3) is 3.26. The quantitative estimate of drug-likeness (QED) is 0.720. The van der Waals surface area contributed by atoms with Crippen molar-refractivity contribution < 1.29 is 13.9 Å². The summed E-state index contributed by atoms with van der Waals surface area (Å²) in [6.45, 7) is 0.323. The minimum absolute atomic E-state index is 0.0174. The number of hydrogen-bond acceptors (Lipinski definition) is 5. The predicted molar refractivity (Wildman–Crippen MR) is 89.8 cm³/mol. The maximum atomic E-state index is 12.2. The Balaban J connectivity index is 1.33. The van der Waals surface area contributed by atoms with Crippen molar-refractivity contribution in [2.45, 2.75) is 18.9 Å². The van der Waals surface area contributed by atoms with Crippen LogP contribution < -0.4 is 10.1 Å². The second-order valence-corrected chi connectivity index (χ2v) is 6.02. The zero-order valence-corrected chi connectivity index (χ0v) is 13.7. The molecule has 1 aliphatic carbocycles. The first-order valence-electron chi connectivity index (χ1n) is 8.11. The Bertz CT molecular complexity index is 855. The van der Waals surface area contributed by atoms with Gasteiger partial charge < -0.3 is 14.5 Å². The van der Waals surface area contributed by atoms with Crippen LogP contribution in [0.15, 0.2) is 47.1 Å². The van der Waals surface area contributed by atoms with Gasteiger partial charge in [-0.2, -0.15) is 5.10 Å². The van der Waals surface area contributed by atoms with Crippen molar-refractivity contribution in [3.05, 3.63) is 54.2 Å². The Kier molecular flexibility index (Phi) is 3.97. The molecule has 0 radical (unpaired) electrons. The highest BCUT2D eigenvalue weighted by molar-refractivity contribution is 5.82. The number of nitrogens with one attached hydrogen (secondary N) is 2. The molecular formula is C18H18N4O3. The van der Waals surface area contributed by atoms with E-state index in [-0.39, 0.29) is 17.7 Å². The van der Waals surface area contributed by atoms with Gasteiger partial charge in [0, 0.05) is 17.4 Å². The molecule has 0 bridgehead atoms. The van der Waals surface area contributed by atoms with Gasteiger partial charge in [-0.05, 0) is 42.8 Å². The molecule has 4 rings (SSSR count). The van der Waals surface area contributed by atoms with Crippen molar-refractivity contribution >= 4 is 5.91 Å². The van der Waals surface area contributed by atoms with Crippen molar-refractivity contribution in [1.29, 1.82) is 0 Å². The second kappa shape index (κ2) is 6.43. The Labute approximate surface area is 144 Å². The Hall–Kier alpha value is -3.09. The number of methoxy groups -OCH3 is 1. The Morgan fingerprint density at radius 3 is 2.92 bits per heavy atom. The first-order chi connectivity index (χ1) is 12.2. The molecule has 0 spiro atoms. The fourth-order valence-corrected chi connectivity index (χ4v) is 2.85. The maximum absolute atomic E-state index is 12.2. The Morgan fingerprint density at radius 1 is 1.36 bits per heavy atom. The number of rotatable bonds is 6. The highest BCUT2D eigenvalue weighted by atomic mass is 16.5. The van der Waals surface area contributed by atoms with Crippen LogP contribution in [-0.2, 0) is 11.3 Å². The molecule has 2 unspecified atom stereocenters. The summed E-state index contributed by atoms with van der Waals surface area (Å²) >= 11 is 0. The first-order valence-corrected chi connectivity index (χ1v) is 8.11. The van der Waals surface area contributed by atoms with E-state index >= 15 is 0 Å². The van der Waals surface area contributed by atoms with Gasteiger partial charge in [-0.15, -0.1) is 0 Å². The lowest BCUT2D eigenvalue weighted by atomic mass is 10.2. The molecule has 1 aliphatic rings. The van der Waals surface area contributed by atoms with Crippen LogP contribution in [0.2, 0.25) is 0 Å². The van der Waals surface area contributed by atoms with Crippen LogP contribution in [0.1, 0.15) is 23.9 Å². The van der Waals surface area contributed by atoms with Crippen molar-refractivity contribution in [2.24, 2.45) is 5.92 Å². The fourth-order valence-electron chi connectivity index (χ4n) is 2.85. The predicted octanol–water partition coefficient (Wildman–Crippen LogP) is 2.49. The molecule has 128 valence electrons. The summed E-state index contributed by atoms with van der Waals surface area (Å²) in [4.78, 5) is 16.6. The number of ether oxygens (including phenoxy) is 1. The van der Waals surface area contributed by atoms with Crippen molar-refractivity contribution in [2.75, 3.05) is 7.11 Å². The molecule has 7 heteroatoms. The summed E-state index contributed by atoms with van der Waals surface area (Å²) in [5.74, 6) is 3.06. The maximum Gasteiger partial charge on any atom is 0.224 e. The fraction of sp³-hybridized carbons (Fsp3) is 0.278. The molecule has 3 aromatic rings. The average Bonchev–Trinajstić information content (AvgIpc) is 3.06. The highest BCUT2D eigenvalue weighted by Crippen LogP contribution is 2.47. The number of aromatic nitrogens is 3. The van der Waals surface area contributed by atoms with Crippen molar-refractivity contribution in [1.82, 2.24) is 20.5 Å². The summed E-state index contributed by atoms with van der Waals surface area (Å²) < 4.78 is 10.5. The molecule has 0 aliphatic heterocycles. The SMILES string of the molecule is COc1ccc(-c2n[nH]c(CNC(=O)C3CC3c3ccco3)n2)cc1. The van der Waals surface area contributed by atoms with Crippen LogP contribution in [0.4, 0.5) is 0 Å². The highest BCUT2D eigenvalue weighted by Gasteiger charge is 2.45. The van der Waals surface area contributed by atoms with Gasteiger partial charge in [0.05, 0.1) is 19.9 Å². The number of carbonyl (C=O) groups excluding carboxylic acids is 1. The van der Waals surface area contributed by atoms with Crippen LogP contribution in [0.5, 0.6) is 5.75 Å². The lowest BCUT2D eigenvalue weighted by Gasteiger charge is -2.01. The third-order valence-corrected chi connectivity index (χ3v) is 4.35. The van der Waals surface area contributed by atoms with Crippen LogP contribution in [0.3, 0.4) is 0 Å². The molecule has 7 nitrogen and oxygen atoms in total. The largest absolute Gasteiger partial charge is 0.497 e. The van der Waals surface area contributed by atoms with Gasteiger partial charge in [0.1, 0.15) is 17.3 Å². The van der Waals surface area contributed by atoms with E-state index in [1.807, 2.05) is 36.4 Å². The standard InChI is InChI=1S/C18H18N4O3/c1-24-12-6-4-11(5-7-12)17-20-16(21-22-17)10-19-18(23)14-9-13(14)15-3-2-8-25-15/h2-8,13-14H,9-10H2,1H3,(H,19,23)(H,20,21,22). The molecule has 2 aromatic heterocycles. The second-order valence-electron chi connectivity index (χ2n) is 6.02. The number of aromatic amines is 1. The molecule has 1 saturated carbocycles. The van der Waals surface area contributed by atoms with Crippen LogP contribution in [-0.4, -0.2) is 28.2 Å². The summed E-state index contributed by atoms with van der Waals surface area (Å²) in [6.07, 6.45) is 2.46. The van der Waals surface area contributed by atoms with Crippen LogP contribution in [0, 0.1) is 5.92 Å². The average molecular weight is 338 g/mol. The van der Waals surface area contributed by atoms with Crippen LogP contribution >= 0.6 is 0 Å². The van der Waals surface area contributed by atoms with Crippen molar-refractivity contribution in [3.63, 3.8) is 0 Å². The summed E-state index contributed by atoms with van der Waals surface area (Å²) in [5.41, 5.74) is 0.884. The van der Waals surface area contributed by atoms with Gasteiger partial charge in [0.25, 0.3) is 0 Å². The normalized spacial score (nSPS) is 18.8. The lowest BCUT2D eigenvalue weighted by molar-refractivity contribution is -0.122. The van der Waals surface area contributed by atoms with Gasteiger partial charge in [0.15, 0.2) is 5.82 Å². The minimum Gasteiger partial charge on any atom is -0.497 e. The zero-order valence-electron chi connectivity index (χ0n) is 13.7. The number of nitrogens with zero attached hydrogens (tertiary/aromatic N) is 2. The van der Waals surface area contributed by atoms with Gasteiger partial charge >= 0.3 is 0 Å².